The van der Waals surface area contributed by atoms with E-state index >= 15 is 0 Å². The number of hydrogen-bond donors (Lipinski definition) is 1. The molecule has 0 saturated heterocycles. The normalized spacial score (nSPS) is 23.1. The van der Waals surface area contributed by atoms with E-state index in [9.17, 15) is 0 Å². The molecule has 1 aliphatic rings. The maximum atomic E-state index is 6.02. The van der Waals surface area contributed by atoms with Crippen molar-refractivity contribution in [1.82, 2.24) is 5.32 Å². The van der Waals surface area contributed by atoms with Gasteiger partial charge in [0, 0.05) is 12.5 Å². The van der Waals surface area contributed by atoms with Gasteiger partial charge in [0.2, 0.25) is 0 Å². The molecule has 0 amide bonds. The van der Waals surface area contributed by atoms with Gasteiger partial charge in [-0.25, -0.2) is 4.58 Å². The molecule has 15 heavy (non-hydrogen) atoms. The van der Waals surface area contributed by atoms with Crippen molar-refractivity contribution in [3.8, 4) is 0 Å². The Labute approximate surface area is 95.9 Å². The second-order valence-corrected chi connectivity index (χ2v) is 3.72. The number of nitrogens with one attached hydrogen (secondary N) is 1. The van der Waals surface area contributed by atoms with Crippen LogP contribution in [-0.2, 0) is 0 Å². The molecule has 0 bridgehead atoms. The lowest BCUT2D eigenvalue weighted by Crippen LogP contribution is -2.43. The van der Waals surface area contributed by atoms with Gasteiger partial charge in [0.1, 0.15) is 0 Å². The van der Waals surface area contributed by atoms with E-state index in [1.165, 1.54) is 0 Å². The minimum Gasteiger partial charge on any atom is -0.270 e. The maximum Gasteiger partial charge on any atom is 0.332 e. The van der Waals surface area contributed by atoms with Crippen molar-refractivity contribution >= 4 is 22.7 Å². The Morgan fingerprint density at radius 2 is 2.20 bits per heavy atom. The minimum absolute atomic E-state index is 0.0742. The molecule has 0 spiro atoms. The number of nitrogens with zero attached hydrogens (tertiary/aromatic N) is 2. The summed E-state index contributed by atoms with van der Waals surface area (Å²) in [5.74, 6) is 1.00. The van der Waals surface area contributed by atoms with Crippen LogP contribution in [0.2, 0.25) is 0 Å². The Kier molecular flexibility index (Phi) is 4.09. The second-order valence-electron chi connectivity index (χ2n) is 3.38. The number of aliphatic imine (C=N–C) groups is 1. The molecule has 0 aromatic carbocycles. The molecule has 1 rings (SSSR count). The Morgan fingerprint density at radius 3 is 2.67 bits per heavy atom. The molecule has 4 heteroatoms. The van der Waals surface area contributed by atoms with Gasteiger partial charge in [-0.1, -0.05) is 23.2 Å². The van der Waals surface area contributed by atoms with Gasteiger partial charge >= 0.3 is 5.29 Å². The van der Waals surface area contributed by atoms with Gasteiger partial charge in [-0.05, 0) is 25.4 Å². The summed E-state index contributed by atoms with van der Waals surface area (Å²) in [6.07, 6.45) is 5.98. The Bertz CT molecular complexity index is 364. The number of halogens is 1. The molecule has 3 nitrogen and oxygen atoms in total. The minimum atomic E-state index is -0.0742. The van der Waals surface area contributed by atoms with Crippen molar-refractivity contribution < 1.29 is 4.58 Å². The average Bonchev–Trinajstić information content (AvgIpc) is 2.22. The van der Waals surface area contributed by atoms with Crippen LogP contribution in [0.3, 0.4) is 0 Å². The van der Waals surface area contributed by atoms with Crippen molar-refractivity contribution in [3.63, 3.8) is 0 Å². The van der Waals surface area contributed by atoms with E-state index in [1.54, 1.807) is 0 Å². The van der Waals surface area contributed by atoms with Gasteiger partial charge in [-0.15, -0.1) is 0 Å². The standard InChI is InChI=1S/C11H16ClN3/c1-5-7-9(6-2)10-13-8(3)15(4)11(12)14-10/h5-7,10H,1-4H3/p+1. The van der Waals surface area contributed by atoms with Crippen LogP contribution in [0.5, 0.6) is 0 Å². The largest absolute Gasteiger partial charge is 0.332 e. The predicted molar refractivity (Wildman–Crippen MR) is 65.6 cm³/mol. The van der Waals surface area contributed by atoms with Crippen LogP contribution in [0, 0.1) is 0 Å². The van der Waals surface area contributed by atoms with Gasteiger partial charge in [-0.3, -0.25) is 5.32 Å². The molecule has 1 N–H and O–H groups in total. The van der Waals surface area contributed by atoms with Crippen LogP contribution in [0.15, 0.2) is 28.8 Å². The summed E-state index contributed by atoms with van der Waals surface area (Å²) in [6.45, 7) is 5.96. The van der Waals surface area contributed by atoms with E-state index in [0.29, 0.717) is 5.29 Å². The van der Waals surface area contributed by atoms with Gasteiger partial charge in [0.15, 0.2) is 5.84 Å². The third kappa shape index (κ3) is 2.69. The zero-order valence-corrected chi connectivity index (χ0v) is 10.3. The third-order valence-electron chi connectivity index (χ3n) is 2.37. The molecular formula is C11H17ClN3+. The predicted octanol–water partition coefficient (Wildman–Crippen LogP) is 2.09. The first-order valence-corrected chi connectivity index (χ1v) is 5.34. The molecule has 1 heterocycles. The molecule has 82 valence electrons. The monoisotopic (exact) mass is 226 g/mol. The van der Waals surface area contributed by atoms with Crippen molar-refractivity contribution in [2.75, 3.05) is 7.05 Å². The molecule has 1 unspecified atom stereocenters. The van der Waals surface area contributed by atoms with Crippen LogP contribution in [0.1, 0.15) is 20.8 Å². The van der Waals surface area contributed by atoms with Gasteiger partial charge in [0.05, 0.1) is 7.05 Å². The number of allylic oxidation sites excluding steroid dienone is 2. The Balaban J connectivity index is 2.95. The van der Waals surface area contributed by atoms with E-state index in [4.69, 9.17) is 11.6 Å². The average molecular weight is 227 g/mol. The topological polar surface area (TPSA) is 27.4 Å². The molecule has 0 radical (unpaired) electrons. The van der Waals surface area contributed by atoms with Gasteiger partial charge in [-0.2, -0.15) is 0 Å². The first-order chi connectivity index (χ1) is 7.10. The van der Waals surface area contributed by atoms with Crippen LogP contribution in [-0.4, -0.2) is 28.9 Å². The quantitative estimate of drug-likeness (QED) is 0.436. The summed E-state index contributed by atoms with van der Waals surface area (Å²) in [7, 11) is 1.88. The zero-order chi connectivity index (χ0) is 11.4. The van der Waals surface area contributed by atoms with Crippen molar-refractivity contribution in [2.45, 2.75) is 26.9 Å². The number of amidine groups is 2. The van der Waals surface area contributed by atoms with Gasteiger partial charge in [0.25, 0.3) is 6.17 Å². The lowest BCUT2D eigenvalue weighted by molar-refractivity contribution is -0.371. The van der Waals surface area contributed by atoms with Gasteiger partial charge < -0.3 is 0 Å². The van der Waals surface area contributed by atoms with E-state index in [1.807, 2.05) is 50.6 Å². The SMILES string of the molecule is CC=CC(=CC)C1N=C(Cl)[N+](C)=C(C)N1. The molecular weight excluding hydrogens is 210 g/mol. The third-order valence-corrected chi connectivity index (χ3v) is 2.72. The first-order valence-electron chi connectivity index (χ1n) is 4.96. The highest BCUT2D eigenvalue weighted by Crippen LogP contribution is 2.10. The van der Waals surface area contributed by atoms with E-state index in [0.717, 1.165) is 11.4 Å². The highest BCUT2D eigenvalue weighted by Gasteiger charge is 2.25. The lowest BCUT2D eigenvalue weighted by atomic mass is 10.1. The smallest absolute Gasteiger partial charge is 0.270 e. The van der Waals surface area contributed by atoms with Crippen LogP contribution in [0.25, 0.3) is 0 Å². The Morgan fingerprint density at radius 1 is 1.53 bits per heavy atom. The summed E-state index contributed by atoms with van der Waals surface area (Å²) in [5, 5.41) is 3.80. The molecule has 0 aromatic heterocycles. The summed E-state index contributed by atoms with van der Waals surface area (Å²) < 4.78 is 1.82. The fourth-order valence-electron chi connectivity index (χ4n) is 1.35. The molecule has 1 aliphatic heterocycles. The second kappa shape index (κ2) is 5.12. The van der Waals surface area contributed by atoms with Crippen LogP contribution >= 0.6 is 11.6 Å². The molecule has 0 aromatic rings. The van der Waals surface area contributed by atoms with E-state index < -0.39 is 0 Å². The number of rotatable bonds is 2. The van der Waals surface area contributed by atoms with Crippen molar-refractivity contribution in [2.24, 2.45) is 4.99 Å². The van der Waals surface area contributed by atoms with Crippen molar-refractivity contribution in [1.29, 1.82) is 0 Å². The zero-order valence-electron chi connectivity index (χ0n) is 9.58. The molecule has 0 aliphatic carbocycles. The number of hydrogen-bond acceptors (Lipinski definition) is 2. The Hall–Kier alpha value is -1.09. The van der Waals surface area contributed by atoms with Crippen LogP contribution < -0.4 is 5.32 Å². The lowest BCUT2D eigenvalue weighted by Gasteiger charge is -2.16. The summed E-state index contributed by atoms with van der Waals surface area (Å²) in [6, 6.07) is 0. The highest BCUT2D eigenvalue weighted by atomic mass is 35.5. The van der Waals surface area contributed by atoms with E-state index in [-0.39, 0.29) is 6.17 Å². The fourth-order valence-corrected chi connectivity index (χ4v) is 1.58. The van der Waals surface area contributed by atoms with Crippen molar-refractivity contribution in [3.05, 3.63) is 23.8 Å². The first kappa shape index (κ1) is 12.0. The molecule has 1 atom stereocenters. The maximum absolute atomic E-state index is 6.02. The summed E-state index contributed by atoms with van der Waals surface area (Å²) in [4.78, 5) is 4.36. The van der Waals surface area contributed by atoms with E-state index in [2.05, 4.69) is 10.3 Å². The highest BCUT2D eigenvalue weighted by molar-refractivity contribution is 6.62. The summed E-state index contributed by atoms with van der Waals surface area (Å²) in [5.41, 5.74) is 1.11. The fraction of sp³-hybridized carbons (Fsp3) is 0.455. The van der Waals surface area contributed by atoms with Crippen LogP contribution in [0.4, 0.5) is 0 Å². The molecule has 0 saturated carbocycles. The summed E-state index contributed by atoms with van der Waals surface area (Å²) >= 11 is 6.02. The molecule has 0 fully saturated rings.